The molecule has 1 aromatic carbocycles. The Morgan fingerprint density at radius 3 is 2.70 bits per heavy atom. The topological polar surface area (TPSA) is 35.6 Å². The van der Waals surface area contributed by atoms with Gasteiger partial charge in [-0.1, -0.05) is 44.2 Å². The van der Waals surface area contributed by atoms with Crippen LogP contribution < -0.4 is 5.32 Å². The lowest BCUT2D eigenvalue weighted by atomic mass is 10.1. The predicted molar refractivity (Wildman–Crippen MR) is 95.2 cm³/mol. The zero-order valence-corrected chi connectivity index (χ0v) is 14.6. The molecule has 1 aliphatic heterocycles. The molecule has 1 amide bonds. The number of carbonyl (C=O) groups is 1. The summed E-state index contributed by atoms with van der Waals surface area (Å²) >= 11 is 0. The van der Waals surface area contributed by atoms with Crippen LogP contribution in [0.4, 0.5) is 0 Å². The van der Waals surface area contributed by atoms with E-state index in [1.807, 2.05) is 6.07 Å². The van der Waals surface area contributed by atoms with E-state index in [1.165, 1.54) is 5.56 Å². The van der Waals surface area contributed by atoms with Crippen molar-refractivity contribution in [3.05, 3.63) is 35.9 Å². The number of nitrogens with zero attached hydrogens (tertiary/aromatic N) is 2. The number of amides is 1. The predicted octanol–water partition coefficient (Wildman–Crippen LogP) is 2.36. The summed E-state index contributed by atoms with van der Waals surface area (Å²) in [5.41, 5.74) is 1.33. The molecular formula is C19H31N3O. The molecule has 0 aliphatic carbocycles. The molecule has 0 bridgehead atoms. The third-order valence-electron chi connectivity index (χ3n) is 4.74. The van der Waals surface area contributed by atoms with Crippen molar-refractivity contribution in [3.63, 3.8) is 0 Å². The molecule has 4 heteroatoms. The molecule has 128 valence electrons. The molecule has 1 N–H and O–H groups in total. The molecule has 1 atom stereocenters. The fourth-order valence-corrected chi connectivity index (χ4v) is 3.23. The number of benzene rings is 1. The summed E-state index contributed by atoms with van der Waals surface area (Å²) in [7, 11) is 0. The Labute approximate surface area is 140 Å². The maximum absolute atomic E-state index is 12.3. The number of hydrogen-bond donors (Lipinski definition) is 1. The lowest BCUT2D eigenvalue weighted by Gasteiger charge is -2.18. The molecule has 1 aromatic rings. The monoisotopic (exact) mass is 317 g/mol. The normalized spacial score (nSPS) is 18.5. The minimum absolute atomic E-state index is 0.159. The Balaban J connectivity index is 1.64. The van der Waals surface area contributed by atoms with E-state index in [-0.39, 0.29) is 11.8 Å². The van der Waals surface area contributed by atoms with Gasteiger partial charge in [0.25, 0.3) is 0 Å². The summed E-state index contributed by atoms with van der Waals surface area (Å²) in [6.45, 7) is 11.3. The highest BCUT2D eigenvalue weighted by Gasteiger charge is 2.27. The highest BCUT2D eigenvalue weighted by atomic mass is 16.1. The van der Waals surface area contributed by atoms with Crippen LogP contribution in [-0.2, 0) is 11.3 Å². The Morgan fingerprint density at radius 2 is 2.00 bits per heavy atom. The highest BCUT2D eigenvalue weighted by molar-refractivity contribution is 5.79. The van der Waals surface area contributed by atoms with Gasteiger partial charge >= 0.3 is 0 Å². The SMILES string of the molecule is CCN(CC)CCCNC(=O)C1CCN(Cc2ccccc2)C1. The van der Waals surface area contributed by atoms with Gasteiger partial charge in [0, 0.05) is 19.6 Å². The second-order valence-electron chi connectivity index (χ2n) is 6.38. The number of likely N-dealkylation sites (tertiary alicyclic amines) is 1. The molecule has 1 fully saturated rings. The van der Waals surface area contributed by atoms with Gasteiger partial charge in [-0.15, -0.1) is 0 Å². The van der Waals surface area contributed by atoms with Crippen LogP contribution in [-0.4, -0.2) is 55.0 Å². The maximum Gasteiger partial charge on any atom is 0.224 e. The van der Waals surface area contributed by atoms with Crippen LogP contribution in [0.15, 0.2) is 30.3 Å². The molecular weight excluding hydrogens is 286 g/mol. The van der Waals surface area contributed by atoms with Crippen LogP contribution in [0.3, 0.4) is 0 Å². The molecule has 1 aliphatic rings. The van der Waals surface area contributed by atoms with Crippen LogP contribution in [0.1, 0.15) is 32.3 Å². The van der Waals surface area contributed by atoms with Gasteiger partial charge in [0.05, 0.1) is 5.92 Å². The third kappa shape index (κ3) is 5.96. The summed E-state index contributed by atoms with van der Waals surface area (Å²) < 4.78 is 0. The summed E-state index contributed by atoms with van der Waals surface area (Å²) in [6.07, 6.45) is 2.02. The Hall–Kier alpha value is -1.39. The van der Waals surface area contributed by atoms with Crippen molar-refractivity contribution >= 4 is 5.91 Å². The number of hydrogen-bond acceptors (Lipinski definition) is 3. The van der Waals surface area contributed by atoms with E-state index in [1.54, 1.807) is 0 Å². The van der Waals surface area contributed by atoms with Gasteiger partial charge in [0.15, 0.2) is 0 Å². The molecule has 23 heavy (non-hydrogen) atoms. The highest BCUT2D eigenvalue weighted by Crippen LogP contribution is 2.18. The van der Waals surface area contributed by atoms with Crippen LogP contribution in [0.25, 0.3) is 0 Å². The van der Waals surface area contributed by atoms with Crippen molar-refractivity contribution in [1.29, 1.82) is 0 Å². The van der Waals surface area contributed by atoms with Crippen molar-refractivity contribution < 1.29 is 4.79 Å². The van der Waals surface area contributed by atoms with Crippen molar-refractivity contribution in [3.8, 4) is 0 Å². The second-order valence-corrected chi connectivity index (χ2v) is 6.38. The quantitative estimate of drug-likeness (QED) is 0.710. The van der Waals surface area contributed by atoms with Crippen LogP contribution >= 0.6 is 0 Å². The zero-order valence-electron chi connectivity index (χ0n) is 14.6. The molecule has 0 spiro atoms. The van der Waals surface area contributed by atoms with Crippen molar-refractivity contribution in [2.45, 2.75) is 33.2 Å². The summed E-state index contributed by atoms with van der Waals surface area (Å²) in [5.74, 6) is 0.396. The average molecular weight is 317 g/mol. The minimum Gasteiger partial charge on any atom is -0.356 e. The van der Waals surface area contributed by atoms with E-state index in [4.69, 9.17) is 0 Å². The van der Waals surface area contributed by atoms with E-state index in [9.17, 15) is 4.79 Å². The first-order valence-corrected chi connectivity index (χ1v) is 8.99. The Bertz CT molecular complexity index is 459. The van der Waals surface area contributed by atoms with E-state index < -0.39 is 0 Å². The summed E-state index contributed by atoms with van der Waals surface area (Å²) in [4.78, 5) is 17.1. The molecule has 1 saturated heterocycles. The first kappa shape index (κ1) is 18.0. The summed E-state index contributed by atoms with van der Waals surface area (Å²) in [6, 6.07) is 10.5. The first-order valence-electron chi connectivity index (χ1n) is 8.99. The number of rotatable bonds is 9. The minimum atomic E-state index is 0.159. The van der Waals surface area contributed by atoms with Crippen molar-refractivity contribution in [2.75, 3.05) is 39.3 Å². The van der Waals surface area contributed by atoms with E-state index in [0.29, 0.717) is 0 Å². The smallest absolute Gasteiger partial charge is 0.224 e. The van der Waals surface area contributed by atoms with E-state index in [2.05, 4.69) is 53.2 Å². The van der Waals surface area contributed by atoms with Crippen molar-refractivity contribution in [1.82, 2.24) is 15.1 Å². The van der Waals surface area contributed by atoms with Crippen LogP contribution in [0, 0.1) is 5.92 Å². The van der Waals surface area contributed by atoms with Crippen molar-refractivity contribution in [2.24, 2.45) is 5.92 Å². The van der Waals surface area contributed by atoms with E-state index in [0.717, 1.165) is 58.7 Å². The van der Waals surface area contributed by atoms with Gasteiger partial charge in [0.2, 0.25) is 5.91 Å². The second kappa shape index (κ2) is 9.68. The van der Waals surface area contributed by atoms with Crippen LogP contribution in [0.2, 0.25) is 0 Å². The van der Waals surface area contributed by atoms with Gasteiger partial charge in [-0.05, 0) is 44.6 Å². The van der Waals surface area contributed by atoms with Gasteiger partial charge < -0.3 is 10.2 Å². The molecule has 1 unspecified atom stereocenters. The fourth-order valence-electron chi connectivity index (χ4n) is 3.23. The summed E-state index contributed by atoms with van der Waals surface area (Å²) in [5, 5.41) is 3.12. The number of carbonyl (C=O) groups excluding carboxylic acids is 1. The number of nitrogens with one attached hydrogen (secondary N) is 1. The molecule has 0 saturated carbocycles. The zero-order chi connectivity index (χ0) is 16.5. The molecule has 0 aromatic heterocycles. The van der Waals surface area contributed by atoms with E-state index >= 15 is 0 Å². The molecule has 4 nitrogen and oxygen atoms in total. The fraction of sp³-hybridized carbons (Fsp3) is 0.632. The standard InChI is InChI=1S/C19H31N3O/c1-3-21(4-2)13-8-12-20-19(23)18-11-14-22(16-18)15-17-9-6-5-7-10-17/h5-7,9-10,18H,3-4,8,11-16H2,1-2H3,(H,20,23). The van der Waals surface area contributed by atoms with Gasteiger partial charge in [-0.25, -0.2) is 0 Å². The Morgan fingerprint density at radius 1 is 1.26 bits per heavy atom. The van der Waals surface area contributed by atoms with Gasteiger partial charge in [0.1, 0.15) is 0 Å². The Kier molecular flexibility index (Phi) is 7.56. The third-order valence-corrected chi connectivity index (χ3v) is 4.74. The van der Waals surface area contributed by atoms with Gasteiger partial charge in [-0.2, -0.15) is 0 Å². The largest absolute Gasteiger partial charge is 0.356 e. The lowest BCUT2D eigenvalue weighted by Crippen LogP contribution is -2.35. The van der Waals surface area contributed by atoms with Crippen LogP contribution in [0.5, 0.6) is 0 Å². The van der Waals surface area contributed by atoms with Gasteiger partial charge in [-0.3, -0.25) is 9.69 Å². The molecule has 0 radical (unpaired) electrons. The average Bonchev–Trinajstić information content (AvgIpc) is 3.04. The first-order chi connectivity index (χ1) is 11.2. The lowest BCUT2D eigenvalue weighted by molar-refractivity contribution is -0.124. The molecule has 2 rings (SSSR count). The maximum atomic E-state index is 12.3. The molecule has 1 heterocycles.